The number of hydrogen-bond donors (Lipinski definition) is 1. The third kappa shape index (κ3) is 4.54. The highest BCUT2D eigenvalue weighted by Crippen LogP contribution is 2.46. The van der Waals surface area contributed by atoms with Gasteiger partial charge < -0.3 is 9.73 Å². The van der Waals surface area contributed by atoms with Gasteiger partial charge in [-0.05, 0) is 94.3 Å². The Morgan fingerprint density at radius 2 is 1.74 bits per heavy atom. The molecule has 1 unspecified atom stereocenters. The van der Waals surface area contributed by atoms with Gasteiger partial charge in [0.2, 0.25) is 5.78 Å². The summed E-state index contributed by atoms with van der Waals surface area (Å²) in [5.41, 5.74) is 5.22. The third-order valence-electron chi connectivity index (χ3n) is 7.15. The van der Waals surface area contributed by atoms with Crippen LogP contribution in [0.3, 0.4) is 0 Å². The molecule has 1 aromatic carbocycles. The highest BCUT2D eigenvalue weighted by Gasteiger charge is 2.38. The molecule has 1 atom stereocenters. The summed E-state index contributed by atoms with van der Waals surface area (Å²) >= 11 is 1.58. The van der Waals surface area contributed by atoms with Gasteiger partial charge in [0.15, 0.2) is 11.5 Å². The van der Waals surface area contributed by atoms with Crippen LogP contribution in [-0.2, 0) is 10.8 Å². The molecule has 5 heteroatoms. The highest BCUT2D eigenvalue weighted by molar-refractivity contribution is 7.08. The predicted molar refractivity (Wildman–Crippen MR) is 138 cm³/mol. The number of hydrogen-bond acceptors (Lipinski definition) is 4. The Balaban J connectivity index is 1.60. The van der Waals surface area contributed by atoms with Crippen molar-refractivity contribution >= 4 is 23.0 Å². The monoisotopic (exact) mass is 475 g/mol. The van der Waals surface area contributed by atoms with E-state index >= 15 is 0 Å². The van der Waals surface area contributed by atoms with Crippen LogP contribution in [0.2, 0.25) is 0 Å². The Labute approximate surface area is 206 Å². The Morgan fingerprint density at radius 3 is 2.35 bits per heavy atom. The van der Waals surface area contributed by atoms with Gasteiger partial charge in [0.25, 0.3) is 5.91 Å². The first-order valence-corrected chi connectivity index (χ1v) is 12.7. The molecule has 3 aromatic rings. The average molecular weight is 476 g/mol. The molecule has 1 aliphatic rings. The smallest absolute Gasteiger partial charge is 0.287 e. The van der Waals surface area contributed by atoms with Gasteiger partial charge in [0.05, 0.1) is 6.04 Å². The van der Waals surface area contributed by atoms with E-state index in [0.717, 1.165) is 24.0 Å². The Bertz CT molecular complexity index is 1230. The molecule has 0 saturated heterocycles. The molecule has 0 fully saturated rings. The Hall–Kier alpha value is -2.92. The van der Waals surface area contributed by atoms with E-state index in [9.17, 15) is 9.59 Å². The highest BCUT2D eigenvalue weighted by atomic mass is 32.1. The van der Waals surface area contributed by atoms with E-state index in [4.69, 9.17) is 4.42 Å². The molecule has 0 bridgehead atoms. The molecule has 4 rings (SSSR count). The predicted octanol–water partition coefficient (Wildman–Crippen LogP) is 7.28. The van der Waals surface area contributed by atoms with E-state index in [2.05, 4.69) is 45.7 Å². The minimum Gasteiger partial charge on any atom is -0.447 e. The number of rotatable bonds is 7. The van der Waals surface area contributed by atoms with Crippen LogP contribution in [0.5, 0.6) is 0 Å². The first-order valence-electron chi connectivity index (χ1n) is 11.8. The quantitative estimate of drug-likeness (QED) is 0.289. The summed E-state index contributed by atoms with van der Waals surface area (Å²) in [7, 11) is 0. The number of benzene rings is 1. The molecule has 34 heavy (non-hydrogen) atoms. The molecule has 1 aliphatic carbocycles. The van der Waals surface area contributed by atoms with E-state index in [1.54, 1.807) is 29.5 Å². The van der Waals surface area contributed by atoms with E-state index in [1.165, 1.54) is 11.1 Å². The molecule has 178 valence electrons. The van der Waals surface area contributed by atoms with Gasteiger partial charge in [-0.2, -0.15) is 11.3 Å². The number of carbonyl (C=O) groups is 2. The summed E-state index contributed by atoms with van der Waals surface area (Å²) in [4.78, 5) is 26.3. The standard InChI is InChI=1S/C29H33NO3S/c1-7-8-23(19-11-14-34-17-19)30-27(32)25-10-9-24(33-25)26(31)20-16-22-21(15-18(20)2)28(3,4)12-13-29(22,5)6/h7,9-11,14-17,23H,1,8,12-13H2,2-6H3,(H,30,32). The number of furan rings is 1. The zero-order valence-corrected chi connectivity index (χ0v) is 21.5. The second kappa shape index (κ2) is 9.03. The molecular weight excluding hydrogens is 442 g/mol. The number of fused-ring (bicyclic) bond motifs is 1. The normalized spacial score (nSPS) is 17.0. The number of carbonyl (C=O) groups excluding carboxylic acids is 2. The van der Waals surface area contributed by atoms with E-state index in [-0.39, 0.29) is 40.1 Å². The molecule has 0 spiro atoms. The second-order valence-electron chi connectivity index (χ2n) is 10.6. The minimum atomic E-state index is -0.345. The molecule has 4 nitrogen and oxygen atoms in total. The lowest BCUT2D eigenvalue weighted by Gasteiger charge is -2.42. The summed E-state index contributed by atoms with van der Waals surface area (Å²) in [6, 6.07) is 9.18. The molecule has 1 amide bonds. The number of thiophene rings is 1. The van der Waals surface area contributed by atoms with Crippen LogP contribution in [0.15, 0.2) is 58.2 Å². The molecule has 2 heterocycles. The van der Waals surface area contributed by atoms with Gasteiger partial charge in [-0.1, -0.05) is 39.8 Å². The number of amides is 1. The van der Waals surface area contributed by atoms with Gasteiger partial charge in [-0.25, -0.2) is 0 Å². The van der Waals surface area contributed by atoms with Crippen LogP contribution in [0.1, 0.15) is 102 Å². The van der Waals surface area contributed by atoms with Gasteiger partial charge in [0, 0.05) is 5.56 Å². The maximum Gasteiger partial charge on any atom is 0.287 e. The summed E-state index contributed by atoms with van der Waals surface area (Å²) in [5.74, 6) is -0.234. The van der Waals surface area contributed by atoms with Crippen molar-refractivity contribution in [1.82, 2.24) is 5.32 Å². The summed E-state index contributed by atoms with van der Waals surface area (Å²) in [6.07, 6.45) is 4.58. The van der Waals surface area contributed by atoms with E-state index in [1.807, 2.05) is 29.8 Å². The van der Waals surface area contributed by atoms with Gasteiger partial charge >= 0.3 is 0 Å². The van der Waals surface area contributed by atoms with Crippen molar-refractivity contribution in [3.63, 3.8) is 0 Å². The number of ketones is 1. The van der Waals surface area contributed by atoms with E-state index in [0.29, 0.717) is 12.0 Å². The Morgan fingerprint density at radius 1 is 1.09 bits per heavy atom. The van der Waals surface area contributed by atoms with Crippen molar-refractivity contribution in [1.29, 1.82) is 0 Å². The first-order chi connectivity index (χ1) is 16.0. The van der Waals surface area contributed by atoms with Crippen LogP contribution in [0.4, 0.5) is 0 Å². The van der Waals surface area contributed by atoms with Crippen molar-refractivity contribution in [3.05, 3.63) is 93.1 Å². The summed E-state index contributed by atoms with van der Waals surface area (Å²) in [5, 5.41) is 6.98. The van der Waals surface area contributed by atoms with Crippen LogP contribution in [0.25, 0.3) is 0 Å². The van der Waals surface area contributed by atoms with Gasteiger partial charge in [-0.15, -0.1) is 6.58 Å². The van der Waals surface area contributed by atoms with Crippen molar-refractivity contribution in [3.8, 4) is 0 Å². The molecule has 0 aliphatic heterocycles. The zero-order valence-electron chi connectivity index (χ0n) is 20.7. The molecule has 0 radical (unpaired) electrons. The maximum atomic E-state index is 13.4. The van der Waals surface area contributed by atoms with Crippen LogP contribution < -0.4 is 5.32 Å². The minimum absolute atomic E-state index is 0.00359. The second-order valence-corrected chi connectivity index (χ2v) is 11.4. The zero-order chi connectivity index (χ0) is 24.7. The number of nitrogens with one attached hydrogen (secondary N) is 1. The first kappa shape index (κ1) is 24.2. The molecule has 1 N–H and O–H groups in total. The van der Waals surface area contributed by atoms with Crippen LogP contribution in [0, 0.1) is 6.92 Å². The fourth-order valence-corrected chi connectivity index (χ4v) is 5.54. The van der Waals surface area contributed by atoms with Crippen molar-refractivity contribution in [2.45, 2.75) is 70.8 Å². The largest absolute Gasteiger partial charge is 0.447 e. The van der Waals surface area contributed by atoms with Crippen molar-refractivity contribution < 1.29 is 14.0 Å². The molecule has 0 saturated carbocycles. The molecular formula is C29H33NO3S. The summed E-state index contributed by atoms with van der Waals surface area (Å²) in [6.45, 7) is 14.8. The SMILES string of the molecule is C=CCC(NC(=O)c1ccc(C(=O)c2cc3c(cc2C)C(C)(C)CCC3(C)C)o1)c1ccsc1. The lowest BCUT2D eigenvalue weighted by atomic mass is 9.62. The van der Waals surface area contributed by atoms with Crippen LogP contribution in [-0.4, -0.2) is 11.7 Å². The van der Waals surface area contributed by atoms with Gasteiger partial charge in [-0.3, -0.25) is 9.59 Å². The van der Waals surface area contributed by atoms with Crippen molar-refractivity contribution in [2.75, 3.05) is 0 Å². The third-order valence-corrected chi connectivity index (χ3v) is 7.85. The molecule has 2 aromatic heterocycles. The van der Waals surface area contributed by atoms with Crippen molar-refractivity contribution in [2.24, 2.45) is 0 Å². The fourth-order valence-electron chi connectivity index (χ4n) is 4.83. The Kier molecular flexibility index (Phi) is 6.43. The summed E-state index contributed by atoms with van der Waals surface area (Å²) < 4.78 is 5.77. The lowest BCUT2D eigenvalue weighted by Crippen LogP contribution is -2.34. The van der Waals surface area contributed by atoms with E-state index < -0.39 is 0 Å². The average Bonchev–Trinajstić information content (AvgIpc) is 3.48. The lowest BCUT2D eigenvalue weighted by molar-refractivity contribution is 0.0903. The maximum absolute atomic E-state index is 13.4. The van der Waals surface area contributed by atoms with Gasteiger partial charge in [0.1, 0.15) is 0 Å². The topological polar surface area (TPSA) is 59.3 Å². The fraction of sp³-hybridized carbons (Fsp3) is 0.379. The number of aryl methyl sites for hydroxylation is 1. The van der Waals surface area contributed by atoms with Crippen LogP contribution >= 0.6 is 11.3 Å².